The Hall–Kier alpha value is -0.940. The van der Waals surface area contributed by atoms with Crippen molar-refractivity contribution in [3.05, 3.63) is 35.9 Å². The monoisotopic (exact) mass is 203 g/mol. The minimum absolute atomic E-state index is 0.136. The fraction of sp³-hybridized carbons (Fsp3) is 0.250. The molecule has 72 valence electrons. The van der Waals surface area contributed by atoms with E-state index in [1.165, 1.54) is 19.2 Å². The van der Waals surface area contributed by atoms with Gasteiger partial charge in [0.2, 0.25) is 15.5 Å². The van der Waals surface area contributed by atoms with Crippen molar-refractivity contribution in [2.45, 2.75) is 5.50 Å². The molecule has 5 heteroatoms. The molecule has 0 radical (unpaired) electrons. The van der Waals surface area contributed by atoms with Crippen LogP contribution in [0.5, 0.6) is 0 Å². The standard InChI is InChI=1S/C8H10FNO2S/c1-10-13(11,12)8(9)7-5-3-2-4-6-7/h2-6,8,10H,1H3. The van der Waals surface area contributed by atoms with Crippen LogP contribution in [0, 0.1) is 0 Å². The third-order valence-corrected chi connectivity index (χ3v) is 3.00. The number of benzene rings is 1. The van der Waals surface area contributed by atoms with Crippen molar-refractivity contribution in [1.82, 2.24) is 4.72 Å². The summed E-state index contributed by atoms with van der Waals surface area (Å²) >= 11 is 0. The highest BCUT2D eigenvalue weighted by Crippen LogP contribution is 2.21. The van der Waals surface area contributed by atoms with E-state index < -0.39 is 15.5 Å². The van der Waals surface area contributed by atoms with Gasteiger partial charge in [0.15, 0.2) is 0 Å². The van der Waals surface area contributed by atoms with E-state index in [1.807, 2.05) is 4.72 Å². The molecule has 1 atom stereocenters. The molecule has 0 aliphatic heterocycles. The maximum Gasteiger partial charge on any atom is 0.248 e. The zero-order chi connectivity index (χ0) is 9.90. The molecule has 0 aromatic heterocycles. The van der Waals surface area contributed by atoms with Gasteiger partial charge in [-0.1, -0.05) is 30.3 Å². The van der Waals surface area contributed by atoms with Crippen LogP contribution in [0.15, 0.2) is 30.3 Å². The molecule has 0 spiro atoms. The highest BCUT2D eigenvalue weighted by Gasteiger charge is 2.24. The normalized spacial score (nSPS) is 14.0. The predicted molar refractivity (Wildman–Crippen MR) is 48.3 cm³/mol. The van der Waals surface area contributed by atoms with E-state index >= 15 is 0 Å². The molecule has 0 bridgehead atoms. The van der Waals surface area contributed by atoms with Gasteiger partial charge >= 0.3 is 0 Å². The lowest BCUT2D eigenvalue weighted by Gasteiger charge is -2.07. The number of hydrogen-bond donors (Lipinski definition) is 1. The first-order chi connectivity index (χ1) is 6.08. The quantitative estimate of drug-likeness (QED) is 0.802. The van der Waals surface area contributed by atoms with Gasteiger partial charge in [-0.3, -0.25) is 0 Å². The summed E-state index contributed by atoms with van der Waals surface area (Å²) in [5.74, 6) is 0. The Morgan fingerprint density at radius 1 is 1.31 bits per heavy atom. The predicted octanol–water partition coefficient (Wildman–Crippen LogP) is 1.20. The summed E-state index contributed by atoms with van der Waals surface area (Å²) in [7, 11) is -2.68. The van der Waals surface area contributed by atoms with E-state index in [0.29, 0.717) is 0 Å². The Balaban J connectivity index is 2.99. The van der Waals surface area contributed by atoms with Crippen molar-refractivity contribution in [2.24, 2.45) is 0 Å². The molecule has 13 heavy (non-hydrogen) atoms. The summed E-state index contributed by atoms with van der Waals surface area (Å²) in [5, 5.41) is 0. The third-order valence-electron chi connectivity index (χ3n) is 1.62. The summed E-state index contributed by atoms with van der Waals surface area (Å²) in [6.07, 6.45) is 0. The lowest BCUT2D eigenvalue weighted by Crippen LogP contribution is -2.23. The number of alkyl halides is 1. The first kappa shape index (κ1) is 10.1. The number of halogens is 1. The Kier molecular flexibility index (Phi) is 3.00. The van der Waals surface area contributed by atoms with E-state index in [9.17, 15) is 12.8 Å². The molecule has 3 nitrogen and oxygen atoms in total. The number of nitrogens with one attached hydrogen (secondary N) is 1. The van der Waals surface area contributed by atoms with Gasteiger partial charge in [-0.2, -0.15) is 0 Å². The van der Waals surface area contributed by atoms with E-state index in [1.54, 1.807) is 18.2 Å². The van der Waals surface area contributed by atoms with Gasteiger partial charge in [0.1, 0.15) is 0 Å². The highest BCUT2D eigenvalue weighted by atomic mass is 32.2. The summed E-state index contributed by atoms with van der Waals surface area (Å²) in [4.78, 5) is 0. The van der Waals surface area contributed by atoms with Crippen LogP contribution in [0.3, 0.4) is 0 Å². The summed E-state index contributed by atoms with van der Waals surface area (Å²) in [6, 6.07) is 7.74. The van der Waals surface area contributed by atoms with Crippen molar-refractivity contribution in [3.8, 4) is 0 Å². The van der Waals surface area contributed by atoms with Crippen LogP contribution < -0.4 is 4.72 Å². The molecule has 1 N–H and O–H groups in total. The molecule has 1 aromatic carbocycles. The minimum Gasteiger partial charge on any atom is -0.223 e. The molecule has 0 saturated carbocycles. The second kappa shape index (κ2) is 3.85. The second-order valence-corrected chi connectivity index (χ2v) is 4.39. The van der Waals surface area contributed by atoms with Gasteiger partial charge in [0.05, 0.1) is 0 Å². The Labute approximate surface area is 76.6 Å². The van der Waals surface area contributed by atoms with Crippen molar-refractivity contribution < 1.29 is 12.8 Å². The Morgan fingerprint density at radius 3 is 2.31 bits per heavy atom. The van der Waals surface area contributed by atoms with E-state index in [0.717, 1.165) is 0 Å². The smallest absolute Gasteiger partial charge is 0.223 e. The molecule has 0 heterocycles. The fourth-order valence-corrected chi connectivity index (χ4v) is 1.61. The molecular weight excluding hydrogens is 193 g/mol. The molecule has 0 amide bonds. The molecule has 1 unspecified atom stereocenters. The molecule has 1 rings (SSSR count). The molecule has 0 fully saturated rings. The Bertz CT molecular complexity index is 363. The van der Waals surface area contributed by atoms with Crippen molar-refractivity contribution in [3.63, 3.8) is 0 Å². The first-order valence-corrected chi connectivity index (χ1v) is 5.24. The maximum atomic E-state index is 13.3. The summed E-state index contributed by atoms with van der Waals surface area (Å²) in [6.45, 7) is 0. The fourth-order valence-electron chi connectivity index (χ4n) is 0.887. The Morgan fingerprint density at radius 2 is 1.85 bits per heavy atom. The van der Waals surface area contributed by atoms with Crippen LogP contribution in [0.25, 0.3) is 0 Å². The lowest BCUT2D eigenvalue weighted by atomic mass is 10.2. The summed E-state index contributed by atoms with van der Waals surface area (Å²) in [5.41, 5.74) is -1.87. The first-order valence-electron chi connectivity index (χ1n) is 3.69. The van der Waals surface area contributed by atoms with Gasteiger partial charge in [-0.25, -0.2) is 17.5 Å². The van der Waals surface area contributed by atoms with Gasteiger partial charge in [0.25, 0.3) is 0 Å². The van der Waals surface area contributed by atoms with Crippen LogP contribution in [0.1, 0.15) is 11.1 Å². The maximum absolute atomic E-state index is 13.3. The largest absolute Gasteiger partial charge is 0.248 e. The van der Waals surface area contributed by atoms with Crippen molar-refractivity contribution >= 4 is 10.0 Å². The van der Waals surface area contributed by atoms with Crippen LogP contribution >= 0.6 is 0 Å². The molecular formula is C8H10FNO2S. The minimum atomic E-state index is -3.87. The van der Waals surface area contributed by atoms with Crippen LogP contribution in [-0.2, 0) is 10.0 Å². The van der Waals surface area contributed by atoms with Gasteiger partial charge in [-0.15, -0.1) is 0 Å². The zero-order valence-corrected chi connectivity index (χ0v) is 7.88. The number of rotatable bonds is 3. The van der Waals surface area contributed by atoms with E-state index in [2.05, 4.69) is 0 Å². The molecule has 0 saturated heterocycles. The topological polar surface area (TPSA) is 46.2 Å². The lowest BCUT2D eigenvalue weighted by molar-refractivity contribution is 0.427. The molecule has 0 aliphatic rings. The molecule has 1 aromatic rings. The third kappa shape index (κ3) is 2.26. The van der Waals surface area contributed by atoms with Gasteiger partial charge < -0.3 is 0 Å². The number of hydrogen-bond acceptors (Lipinski definition) is 2. The zero-order valence-electron chi connectivity index (χ0n) is 7.07. The average Bonchev–Trinajstić information content (AvgIpc) is 2.18. The van der Waals surface area contributed by atoms with Crippen LogP contribution in [0.4, 0.5) is 4.39 Å². The van der Waals surface area contributed by atoms with Crippen molar-refractivity contribution in [2.75, 3.05) is 7.05 Å². The van der Waals surface area contributed by atoms with Gasteiger partial charge in [-0.05, 0) is 7.05 Å². The van der Waals surface area contributed by atoms with Crippen molar-refractivity contribution in [1.29, 1.82) is 0 Å². The average molecular weight is 203 g/mol. The second-order valence-electron chi connectivity index (χ2n) is 2.48. The van der Waals surface area contributed by atoms with Crippen LogP contribution in [-0.4, -0.2) is 15.5 Å². The van der Waals surface area contributed by atoms with Crippen LogP contribution in [0.2, 0.25) is 0 Å². The van der Waals surface area contributed by atoms with Gasteiger partial charge in [0, 0.05) is 5.56 Å². The SMILES string of the molecule is CNS(=O)(=O)C(F)c1ccccc1. The number of sulfonamides is 1. The van der Waals surface area contributed by atoms with E-state index in [-0.39, 0.29) is 5.56 Å². The highest BCUT2D eigenvalue weighted by molar-refractivity contribution is 7.89. The molecule has 0 aliphatic carbocycles. The van der Waals surface area contributed by atoms with E-state index in [4.69, 9.17) is 0 Å². The summed E-state index contributed by atoms with van der Waals surface area (Å²) < 4.78 is 37.2.